The predicted molar refractivity (Wildman–Crippen MR) is 141 cm³/mol. The SMILES string of the molecule is CCCC(=O)Nc1cncc(-c2cc3c(-c4cc5c(-c6cccc(F)c6)ccnc5[nH]4)n[nH]c3cn2)c1. The van der Waals surface area contributed by atoms with E-state index < -0.39 is 0 Å². The molecule has 0 spiro atoms. The summed E-state index contributed by atoms with van der Waals surface area (Å²) in [6.07, 6.45) is 7.98. The van der Waals surface area contributed by atoms with Gasteiger partial charge in [0.15, 0.2) is 0 Å². The average molecular weight is 492 g/mol. The molecule has 0 fully saturated rings. The number of fused-ring (bicyclic) bond motifs is 2. The molecule has 5 aromatic heterocycles. The van der Waals surface area contributed by atoms with Gasteiger partial charge >= 0.3 is 0 Å². The fourth-order valence-corrected chi connectivity index (χ4v) is 4.44. The van der Waals surface area contributed by atoms with Crippen LogP contribution in [0.25, 0.3) is 55.7 Å². The number of amides is 1. The molecule has 3 N–H and O–H groups in total. The number of rotatable bonds is 6. The lowest BCUT2D eigenvalue weighted by molar-refractivity contribution is -0.116. The highest BCUT2D eigenvalue weighted by molar-refractivity contribution is 6.00. The van der Waals surface area contributed by atoms with Gasteiger partial charge in [-0.25, -0.2) is 9.37 Å². The van der Waals surface area contributed by atoms with Crippen molar-refractivity contribution in [2.24, 2.45) is 0 Å². The Hall–Kier alpha value is -4.92. The number of carbonyl (C=O) groups is 1. The molecule has 0 unspecified atom stereocenters. The van der Waals surface area contributed by atoms with Gasteiger partial charge in [0.2, 0.25) is 5.91 Å². The molecule has 1 aromatic carbocycles. The maximum Gasteiger partial charge on any atom is 0.224 e. The molecule has 6 aromatic rings. The number of aromatic amines is 2. The van der Waals surface area contributed by atoms with Crippen LogP contribution >= 0.6 is 0 Å². The van der Waals surface area contributed by atoms with Crippen LogP contribution in [-0.4, -0.2) is 36.0 Å². The van der Waals surface area contributed by atoms with Crippen LogP contribution in [0.3, 0.4) is 0 Å². The molecule has 37 heavy (non-hydrogen) atoms. The summed E-state index contributed by atoms with van der Waals surface area (Å²) in [6.45, 7) is 1.96. The van der Waals surface area contributed by atoms with Gasteiger partial charge in [0, 0.05) is 35.2 Å². The van der Waals surface area contributed by atoms with Crippen LogP contribution in [0.5, 0.6) is 0 Å². The lowest BCUT2D eigenvalue weighted by atomic mass is 10.0. The second kappa shape index (κ2) is 9.27. The van der Waals surface area contributed by atoms with E-state index in [9.17, 15) is 9.18 Å². The molecule has 0 aliphatic carbocycles. The molecular weight excluding hydrogens is 469 g/mol. The molecule has 5 heterocycles. The molecule has 0 saturated carbocycles. The third-order valence-electron chi connectivity index (χ3n) is 6.16. The maximum atomic E-state index is 13.9. The Balaban J connectivity index is 1.40. The molecule has 182 valence electrons. The zero-order chi connectivity index (χ0) is 25.4. The number of benzene rings is 1. The smallest absolute Gasteiger partial charge is 0.224 e. The minimum atomic E-state index is -0.292. The molecule has 0 radical (unpaired) electrons. The Morgan fingerprint density at radius 1 is 1.00 bits per heavy atom. The molecule has 1 amide bonds. The number of hydrogen-bond donors (Lipinski definition) is 3. The molecule has 0 saturated heterocycles. The first-order chi connectivity index (χ1) is 18.1. The number of H-pyrrole nitrogens is 2. The predicted octanol–water partition coefficient (Wildman–Crippen LogP) is 6.11. The number of nitrogens with one attached hydrogen (secondary N) is 3. The second-order valence-electron chi connectivity index (χ2n) is 8.76. The third-order valence-corrected chi connectivity index (χ3v) is 6.16. The van der Waals surface area contributed by atoms with Crippen molar-refractivity contribution in [1.82, 2.24) is 30.1 Å². The summed E-state index contributed by atoms with van der Waals surface area (Å²) < 4.78 is 13.9. The van der Waals surface area contributed by atoms with Gasteiger partial charge in [-0.05, 0) is 53.9 Å². The van der Waals surface area contributed by atoms with Crippen LogP contribution in [0.4, 0.5) is 10.1 Å². The number of anilines is 1. The highest BCUT2D eigenvalue weighted by Gasteiger charge is 2.16. The topological polar surface area (TPSA) is 112 Å². The van der Waals surface area contributed by atoms with Crippen LogP contribution in [0.15, 0.2) is 73.3 Å². The van der Waals surface area contributed by atoms with Crippen molar-refractivity contribution >= 4 is 33.5 Å². The van der Waals surface area contributed by atoms with Crippen molar-refractivity contribution in [3.8, 4) is 33.8 Å². The molecule has 9 heteroatoms. The molecule has 0 aliphatic heterocycles. The fourth-order valence-electron chi connectivity index (χ4n) is 4.44. The lowest BCUT2D eigenvalue weighted by Crippen LogP contribution is -2.10. The van der Waals surface area contributed by atoms with Gasteiger partial charge in [0.1, 0.15) is 17.2 Å². The van der Waals surface area contributed by atoms with Crippen LogP contribution in [0.2, 0.25) is 0 Å². The van der Waals surface area contributed by atoms with E-state index in [4.69, 9.17) is 0 Å². The first-order valence-corrected chi connectivity index (χ1v) is 11.9. The van der Waals surface area contributed by atoms with E-state index in [-0.39, 0.29) is 11.7 Å². The minimum Gasteiger partial charge on any atom is -0.338 e. The van der Waals surface area contributed by atoms with Gasteiger partial charge in [0.05, 0.1) is 35.0 Å². The van der Waals surface area contributed by atoms with E-state index in [1.165, 1.54) is 12.1 Å². The Morgan fingerprint density at radius 2 is 1.92 bits per heavy atom. The van der Waals surface area contributed by atoms with Gasteiger partial charge in [-0.15, -0.1) is 0 Å². The van der Waals surface area contributed by atoms with Crippen molar-refractivity contribution in [2.45, 2.75) is 19.8 Å². The van der Waals surface area contributed by atoms with E-state index in [2.05, 4.69) is 35.5 Å². The van der Waals surface area contributed by atoms with Crippen LogP contribution in [0.1, 0.15) is 19.8 Å². The van der Waals surface area contributed by atoms with Crippen molar-refractivity contribution < 1.29 is 9.18 Å². The first kappa shape index (κ1) is 22.5. The van der Waals surface area contributed by atoms with Crippen LogP contribution in [0, 0.1) is 5.82 Å². The zero-order valence-corrected chi connectivity index (χ0v) is 19.9. The third kappa shape index (κ3) is 4.31. The van der Waals surface area contributed by atoms with Gasteiger partial charge in [-0.1, -0.05) is 19.1 Å². The summed E-state index contributed by atoms with van der Waals surface area (Å²) in [5.41, 5.74) is 6.68. The van der Waals surface area contributed by atoms with E-state index >= 15 is 0 Å². The van der Waals surface area contributed by atoms with Gasteiger partial charge in [0.25, 0.3) is 0 Å². The molecule has 0 aliphatic rings. The van der Waals surface area contributed by atoms with Crippen molar-refractivity contribution in [2.75, 3.05) is 5.32 Å². The van der Waals surface area contributed by atoms with Gasteiger partial charge in [-0.2, -0.15) is 5.10 Å². The summed E-state index contributed by atoms with van der Waals surface area (Å²) in [5, 5.41) is 12.2. The Labute approximate surface area is 211 Å². The molecule has 8 nitrogen and oxygen atoms in total. The quantitative estimate of drug-likeness (QED) is 0.260. The number of nitrogens with zero attached hydrogens (tertiary/aromatic N) is 4. The normalized spacial score (nSPS) is 11.3. The molecular formula is C28H22FN7O. The zero-order valence-electron chi connectivity index (χ0n) is 19.9. The number of carbonyl (C=O) groups excluding carboxylic acids is 1. The monoisotopic (exact) mass is 491 g/mol. The summed E-state index contributed by atoms with van der Waals surface area (Å²) in [6, 6.07) is 14.1. The first-order valence-electron chi connectivity index (χ1n) is 11.9. The molecule has 6 rings (SSSR count). The summed E-state index contributed by atoms with van der Waals surface area (Å²) in [4.78, 5) is 28.7. The van der Waals surface area contributed by atoms with E-state index in [0.29, 0.717) is 29.1 Å². The van der Waals surface area contributed by atoms with Crippen molar-refractivity contribution in [3.63, 3.8) is 0 Å². The number of aromatic nitrogens is 6. The highest BCUT2D eigenvalue weighted by Crippen LogP contribution is 2.34. The number of hydrogen-bond acceptors (Lipinski definition) is 5. The fraction of sp³-hybridized carbons (Fsp3) is 0.107. The molecule has 0 bridgehead atoms. The summed E-state index contributed by atoms with van der Waals surface area (Å²) in [5.74, 6) is -0.341. The Kier molecular flexibility index (Phi) is 5.65. The lowest BCUT2D eigenvalue weighted by Gasteiger charge is -2.06. The standard InChI is InChI=1S/C28H22FN7O/c1-2-4-26(37)33-19-10-17(13-30-14-19)23-12-22-25(15-32-23)35-36-27(22)24-11-21-20(7-8-31-28(21)34-24)16-5-3-6-18(29)9-16/h3,5-15H,2,4H2,1H3,(H,31,34)(H,33,37)(H,35,36). The maximum absolute atomic E-state index is 13.9. The average Bonchev–Trinajstić information content (AvgIpc) is 3.52. The summed E-state index contributed by atoms with van der Waals surface area (Å²) in [7, 11) is 0. The van der Waals surface area contributed by atoms with Crippen molar-refractivity contribution in [1.29, 1.82) is 0 Å². The largest absolute Gasteiger partial charge is 0.338 e. The van der Waals surface area contributed by atoms with E-state index in [1.807, 2.05) is 37.3 Å². The van der Waals surface area contributed by atoms with Gasteiger partial charge in [-0.3, -0.25) is 19.9 Å². The summed E-state index contributed by atoms with van der Waals surface area (Å²) >= 11 is 0. The van der Waals surface area contributed by atoms with Crippen LogP contribution < -0.4 is 5.32 Å². The van der Waals surface area contributed by atoms with Gasteiger partial charge < -0.3 is 10.3 Å². The molecule has 0 atom stereocenters. The van der Waals surface area contributed by atoms with Crippen molar-refractivity contribution in [3.05, 3.63) is 79.1 Å². The number of halogens is 1. The van der Waals surface area contributed by atoms with E-state index in [0.717, 1.165) is 45.1 Å². The minimum absolute atomic E-state index is 0.0491. The van der Waals surface area contributed by atoms with Crippen LogP contribution in [-0.2, 0) is 4.79 Å². The van der Waals surface area contributed by atoms with E-state index in [1.54, 1.807) is 30.9 Å². The highest BCUT2D eigenvalue weighted by atomic mass is 19.1. The Morgan fingerprint density at radius 3 is 2.78 bits per heavy atom. The Bertz CT molecular complexity index is 1770. The second-order valence-corrected chi connectivity index (χ2v) is 8.76. The number of pyridine rings is 3.